The first-order valence-corrected chi connectivity index (χ1v) is 5.45. The van der Waals surface area contributed by atoms with E-state index >= 15 is 0 Å². The van der Waals surface area contributed by atoms with Crippen molar-refractivity contribution < 1.29 is 23.7 Å². The van der Waals surface area contributed by atoms with Crippen LogP contribution in [0.5, 0.6) is 17.2 Å². The van der Waals surface area contributed by atoms with Crippen molar-refractivity contribution in [3.8, 4) is 17.2 Å². The van der Waals surface area contributed by atoms with Crippen molar-refractivity contribution in [1.82, 2.24) is 0 Å². The zero-order valence-corrected chi connectivity index (χ0v) is 10.3. The van der Waals surface area contributed by atoms with Gasteiger partial charge >= 0.3 is 5.97 Å². The van der Waals surface area contributed by atoms with Crippen LogP contribution in [0.15, 0.2) is 12.1 Å². The van der Waals surface area contributed by atoms with E-state index in [-0.39, 0.29) is 6.79 Å². The highest BCUT2D eigenvalue weighted by Crippen LogP contribution is 2.38. The molecular formula is C12H15NO5. The number of nitrogens with two attached hydrogens (primary N) is 1. The van der Waals surface area contributed by atoms with Gasteiger partial charge in [-0.05, 0) is 6.07 Å². The molecule has 1 aromatic carbocycles. The molecule has 98 valence electrons. The zero-order chi connectivity index (χ0) is 13.1. The highest BCUT2D eigenvalue weighted by Gasteiger charge is 2.21. The first-order valence-electron chi connectivity index (χ1n) is 5.45. The molecule has 0 saturated carbocycles. The van der Waals surface area contributed by atoms with Crippen LogP contribution in [-0.4, -0.2) is 33.0 Å². The van der Waals surface area contributed by atoms with E-state index in [1.165, 1.54) is 7.11 Å². The summed E-state index contributed by atoms with van der Waals surface area (Å²) in [5, 5.41) is 0. The van der Waals surface area contributed by atoms with Gasteiger partial charge in [-0.2, -0.15) is 0 Å². The summed E-state index contributed by atoms with van der Waals surface area (Å²) in [6.45, 7) is 0.186. The minimum Gasteiger partial charge on any atom is -0.496 e. The summed E-state index contributed by atoms with van der Waals surface area (Å²) in [6.07, 6.45) is 0.312. The summed E-state index contributed by atoms with van der Waals surface area (Å²) in [5.74, 6) is 1.40. The molecule has 0 spiro atoms. The minimum atomic E-state index is -0.732. The summed E-state index contributed by atoms with van der Waals surface area (Å²) >= 11 is 0. The van der Waals surface area contributed by atoms with Gasteiger partial charge in [-0.1, -0.05) is 0 Å². The Labute approximate surface area is 105 Å². The first kappa shape index (κ1) is 12.5. The van der Waals surface area contributed by atoms with Crippen molar-refractivity contribution in [1.29, 1.82) is 0 Å². The summed E-state index contributed by atoms with van der Waals surface area (Å²) < 4.78 is 20.3. The van der Waals surface area contributed by atoms with Gasteiger partial charge in [0.15, 0.2) is 11.5 Å². The highest BCUT2D eigenvalue weighted by atomic mass is 16.7. The molecule has 0 aliphatic carbocycles. The minimum absolute atomic E-state index is 0.186. The van der Waals surface area contributed by atoms with E-state index in [2.05, 4.69) is 4.74 Å². The van der Waals surface area contributed by atoms with Crippen LogP contribution in [0.3, 0.4) is 0 Å². The average molecular weight is 253 g/mol. The van der Waals surface area contributed by atoms with Gasteiger partial charge in [0.05, 0.1) is 14.2 Å². The van der Waals surface area contributed by atoms with Crippen molar-refractivity contribution in [2.45, 2.75) is 12.5 Å². The lowest BCUT2D eigenvalue weighted by Gasteiger charge is -2.13. The summed E-state index contributed by atoms with van der Waals surface area (Å²) in [5.41, 5.74) is 6.50. The van der Waals surface area contributed by atoms with Gasteiger partial charge in [0, 0.05) is 18.1 Å². The van der Waals surface area contributed by atoms with E-state index in [1.54, 1.807) is 19.2 Å². The predicted molar refractivity (Wildman–Crippen MR) is 62.8 cm³/mol. The molecule has 0 fully saturated rings. The van der Waals surface area contributed by atoms with Crippen molar-refractivity contribution >= 4 is 5.97 Å². The highest BCUT2D eigenvalue weighted by molar-refractivity contribution is 5.76. The van der Waals surface area contributed by atoms with E-state index in [0.29, 0.717) is 23.7 Å². The number of hydrogen-bond acceptors (Lipinski definition) is 6. The molecule has 0 aromatic heterocycles. The molecule has 2 N–H and O–H groups in total. The molecule has 1 atom stereocenters. The Hall–Kier alpha value is -1.95. The maximum absolute atomic E-state index is 11.3. The Kier molecular flexibility index (Phi) is 3.57. The largest absolute Gasteiger partial charge is 0.496 e. The second-order valence-corrected chi connectivity index (χ2v) is 3.85. The Bertz CT molecular complexity index is 460. The zero-order valence-electron chi connectivity index (χ0n) is 10.3. The standard InChI is InChI=1S/C12H15NO5/c1-15-9-5-11-10(17-6-18-11)4-7(9)3-8(13)12(14)16-2/h4-5,8H,3,6,13H2,1-2H3. The number of fused-ring (bicyclic) bond motifs is 1. The van der Waals surface area contributed by atoms with Crippen LogP contribution in [0.25, 0.3) is 0 Å². The van der Waals surface area contributed by atoms with Crippen LogP contribution in [0, 0.1) is 0 Å². The quantitative estimate of drug-likeness (QED) is 0.785. The maximum atomic E-state index is 11.3. The monoisotopic (exact) mass is 253 g/mol. The van der Waals surface area contributed by atoms with Crippen LogP contribution >= 0.6 is 0 Å². The Morgan fingerprint density at radius 2 is 2.06 bits per heavy atom. The van der Waals surface area contributed by atoms with Gasteiger partial charge < -0.3 is 24.7 Å². The first-order chi connectivity index (χ1) is 8.65. The molecule has 1 heterocycles. The average Bonchev–Trinajstić information content (AvgIpc) is 2.83. The molecule has 0 bridgehead atoms. The summed E-state index contributed by atoms with van der Waals surface area (Å²) in [6, 6.07) is 2.76. The molecule has 2 rings (SSSR count). The van der Waals surface area contributed by atoms with Gasteiger partial charge in [0.2, 0.25) is 6.79 Å². The maximum Gasteiger partial charge on any atom is 0.322 e. The van der Waals surface area contributed by atoms with Crippen LogP contribution < -0.4 is 19.9 Å². The fourth-order valence-corrected chi connectivity index (χ4v) is 1.79. The van der Waals surface area contributed by atoms with Crippen LogP contribution in [0.1, 0.15) is 5.56 Å². The third kappa shape index (κ3) is 2.33. The second-order valence-electron chi connectivity index (χ2n) is 3.85. The number of carbonyl (C=O) groups excluding carboxylic acids is 1. The summed E-state index contributed by atoms with van der Waals surface area (Å²) in [7, 11) is 2.85. The van der Waals surface area contributed by atoms with Crippen molar-refractivity contribution in [2.24, 2.45) is 5.73 Å². The topological polar surface area (TPSA) is 80.0 Å². The summed E-state index contributed by atoms with van der Waals surface area (Å²) in [4.78, 5) is 11.3. The van der Waals surface area contributed by atoms with E-state index in [9.17, 15) is 4.79 Å². The van der Waals surface area contributed by atoms with Gasteiger partial charge in [-0.3, -0.25) is 4.79 Å². The van der Waals surface area contributed by atoms with E-state index in [4.69, 9.17) is 19.9 Å². The fraction of sp³-hybridized carbons (Fsp3) is 0.417. The number of ether oxygens (including phenoxy) is 4. The molecule has 1 aliphatic heterocycles. The van der Waals surface area contributed by atoms with Crippen molar-refractivity contribution in [2.75, 3.05) is 21.0 Å². The fourth-order valence-electron chi connectivity index (χ4n) is 1.79. The van der Waals surface area contributed by atoms with E-state index in [0.717, 1.165) is 5.56 Å². The SMILES string of the molecule is COC(=O)C(N)Cc1cc2c(cc1OC)OCO2. The molecule has 0 saturated heterocycles. The number of methoxy groups -OCH3 is 2. The van der Waals surface area contributed by atoms with Crippen LogP contribution in [0.2, 0.25) is 0 Å². The molecule has 1 aliphatic rings. The van der Waals surface area contributed by atoms with Gasteiger partial charge in [-0.25, -0.2) is 0 Å². The van der Waals surface area contributed by atoms with Gasteiger partial charge in [0.1, 0.15) is 11.8 Å². The number of carbonyl (C=O) groups is 1. The van der Waals surface area contributed by atoms with E-state index < -0.39 is 12.0 Å². The lowest BCUT2D eigenvalue weighted by molar-refractivity contribution is -0.142. The van der Waals surface area contributed by atoms with Crippen LogP contribution in [0.4, 0.5) is 0 Å². The molecule has 6 nitrogen and oxygen atoms in total. The Morgan fingerprint density at radius 3 is 2.67 bits per heavy atom. The third-order valence-corrected chi connectivity index (χ3v) is 2.72. The molecule has 0 amide bonds. The Balaban J connectivity index is 2.24. The molecule has 1 unspecified atom stereocenters. The molecular weight excluding hydrogens is 238 g/mol. The van der Waals surface area contributed by atoms with E-state index in [1.807, 2.05) is 0 Å². The number of rotatable bonds is 4. The number of esters is 1. The smallest absolute Gasteiger partial charge is 0.322 e. The van der Waals surface area contributed by atoms with Crippen molar-refractivity contribution in [3.05, 3.63) is 17.7 Å². The molecule has 0 radical (unpaired) electrons. The van der Waals surface area contributed by atoms with Gasteiger partial charge in [-0.15, -0.1) is 0 Å². The third-order valence-electron chi connectivity index (χ3n) is 2.72. The predicted octanol–water partition coefficient (Wildman–Crippen LogP) is 0.467. The van der Waals surface area contributed by atoms with Crippen molar-refractivity contribution in [3.63, 3.8) is 0 Å². The molecule has 6 heteroatoms. The second kappa shape index (κ2) is 5.14. The number of benzene rings is 1. The molecule has 18 heavy (non-hydrogen) atoms. The van der Waals surface area contributed by atoms with Crippen LogP contribution in [-0.2, 0) is 16.0 Å². The lowest BCUT2D eigenvalue weighted by atomic mass is 10.0. The number of hydrogen-bond donors (Lipinski definition) is 1. The molecule has 1 aromatic rings. The normalized spacial score (nSPS) is 14.2. The Morgan fingerprint density at radius 1 is 1.39 bits per heavy atom. The lowest BCUT2D eigenvalue weighted by Crippen LogP contribution is -2.33. The van der Waals surface area contributed by atoms with Gasteiger partial charge in [0.25, 0.3) is 0 Å².